The molecule has 0 spiro atoms. The summed E-state index contributed by atoms with van der Waals surface area (Å²) in [5, 5.41) is 16.2. The molecule has 0 aliphatic rings. The second-order valence-electron chi connectivity index (χ2n) is 6.32. The molecular weight excluding hydrogens is 286 g/mol. The van der Waals surface area contributed by atoms with E-state index in [9.17, 15) is 4.79 Å². The van der Waals surface area contributed by atoms with Gasteiger partial charge in [0, 0.05) is 26.9 Å². The fraction of sp³-hybridized carbons (Fsp3) is 0.714. The average molecular weight is 313 g/mol. The molecule has 0 radical (unpaired) electrons. The first-order chi connectivity index (χ1) is 9.85. The molecule has 1 atom stereocenters. The molecule has 1 unspecified atom stereocenters. The normalized spacial score (nSPS) is 13.2. The molecule has 0 aliphatic heterocycles. The summed E-state index contributed by atoms with van der Waals surface area (Å²) in [7, 11) is -1.06. The van der Waals surface area contributed by atoms with Gasteiger partial charge in [0.15, 0.2) is 5.78 Å². The van der Waals surface area contributed by atoms with E-state index in [1.165, 1.54) is 0 Å². The van der Waals surface area contributed by atoms with Gasteiger partial charge in [-0.3, -0.25) is 4.79 Å². The highest BCUT2D eigenvalue weighted by molar-refractivity contribution is 6.76. The number of aliphatic hydroxyl groups excluding tert-OH is 1. The van der Waals surface area contributed by atoms with Crippen LogP contribution in [-0.2, 0) is 16.3 Å². The number of hydrogen-bond acceptors (Lipinski definition) is 5. The number of nitrogens with one attached hydrogen (secondary N) is 1. The molecule has 6 nitrogen and oxygen atoms in total. The first-order valence-electron chi connectivity index (χ1n) is 7.37. The van der Waals surface area contributed by atoms with Crippen LogP contribution >= 0.6 is 0 Å². The third kappa shape index (κ3) is 6.88. The highest BCUT2D eigenvalue weighted by Gasteiger charge is 2.16. The number of Topliss-reactive ketones (excluding diaryl/α,β-unsaturated/α-hetero) is 1. The SMILES string of the molecule is CCC(Nc1ccn(COCC[Si](C)(C)C)n1)C(=O)CO. The van der Waals surface area contributed by atoms with E-state index in [4.69, 9.17) is 9.84 Å². The lowest BCUT2D eigenvalue weighted by atomic mass is 10.1. The molecule has 1 rings (SSSR count). The smallest absolute Gasteiger partial charge is 0.180 e. The largest absolute Gasteiger partial charge is 0.389 e. The summed E-state index contributed by atoms with van der Waals surface area (Å²) in [6.45, 7) is 9.55. The van der Waals surface area contributed by atoms with Crippen molar-refractivity contribution in [3.63, 3.8) is 0 Å². The lowest BCUT2D eigenvalue weighted by Gasteiger charge is -2.15. The van der Waals surface area contributed by atoms with Crippen LogP contribution in [0.2, 0.25) is 25.7 Å². The van der Waals surface area contributed by atoms with E-state index >= 15 is 0 Å². The van der Waals surface area contributed by atoms with Gasteiger partial charge in [-0.25, -0.2) is 4.68 Å². The number of anilines is 1. The first kappa shape index (κ1) is 17.9. The monoisotopic (exact) mass is 313 g/mol. The first-order valence-corrected chi connectivity index (χ1v) is 11.1. The van der Waals surface area contributed by atoms with Crippen molar-refractivity contribution in [2.45, 2.75) is 51.8 Å². The van der Waals surface area contributed by atoms with Gasteiger partial charge < -0.3 is 15.2 Å². The molecule has 0 bridgehead atoms. The molecule has 1 aromatic heterocycles. The Bertz CT molecular complexity index is 443. The number of rotatable bonds is 10. The van der Waals surface area contributed by atoms with Crippen molar-refractivity contribution in [2.75, 3.05) is 18.5 Å². The fourth-order valence-electron chi connectivity index (χ4n) is 1.75. The molecule has 0 saturated heterocycles. The summed E-state index contributed by atoms with van der Waals surface area (Å²) in [6, 6.07) is 2.53. The third-order valence-electron chi connectivity index (χ3n) is 3.14. The van der Waals surface area contributed by atoms with Gasteiger partial charge in [-0.05, 0) is 12.5 Å². The maximum Gasteiger partial charge on any atom is 0.180 e. The number of ketones is 1. The minimum atomic E-state index is -1.06. The van der Waals surface area contributed by atoms with Crippen molar-refractivity contribution in [2.24, 2.45) is 0 Å². The predicted octanol–water partition coefficient (Wildman–Crippen LogP) is 1.95. The Morgan fingerprint density at radius 1 is 1.52 bits per heavy atom. The minimum absolute atomic E-state index is 0.224. The van der Waals surface area contributed by atoms with Gasteiger partial charge in [-0.1, -0.05) is 26.6 Å². The topological polar surface area (TPSA) is 76.4 Å². The zero-order valence-corrected chi connectivity index (χ0v) is 14.4. The molecule has 0 aliphatic carbocycles. The summed E-state index contributed by atoms with van der Waals surface area (Å²) < 4.78 is 7.31. The molecule has 0 amide bonds. The Morgan fingerprint density at radius 2 is 2.24 bits per heavy atom. The molecule has 7 heteroatoms. The Kier molecular flexibility index (Phi) is 7.07. The second kappa shape index (κ2) is 8.31. The zero-order valence-electron chi connectivity index (χ0n) is 13.4. The number of aliphatic hydroxyl groups is 1. The van der Waals surface area contributed by atoms with Crippen molar-refractivity contribution in [3.8, 4) is 0 Å². The van der Waals surface area contributed by atoms with Crippen LogP contribution in [0.15, 0.2) is 12.3 Å². The van der Waals surface area contributed by atoms with Gasteiger partial charge in [-0.2, -0.15) is 5.10 Å². The number of carbonyl (C=O) groups excluding carboxylic acids is 1. The van der Waals surface area contributed by atoms with Gasteiger partial charge in [0.05, 0.1) is 6.04 Å². The summed E-state index contributed by atoms with van der Waals surface area (Å²) in [6.07, 6.45) is 2.42. The molecule has 21 heavy (non-hydrogen) atoms. The standard InChI is InChI=1S/C14H27N3O3Si/c1-5-12(13(19)10-18)15-14-6-7-17(16-14)11-20-8-9-21(2,3)4/h6-7,12,18H,5,8-11H2,1-4H3,(H,15,16). The quantitative estimate of drug-likeness (QED) is 0.510. The number of hydrogen-bond donors (Lipinski definition) is 2. The van der Waals surface area contributed by atoms with Crippen molar-refractivity contribution >= 4 is 19.7 Å². The summed E-state index contributed by atoms with van der Waals surface area (Å²) in [5.74, 6) is 0.399. The molecule has 120 valence electrons. The summed E-state index contributed by atoms with van der Waals surface area (Å²) in [5.41, 5.74) is 0. The molecule has 0 fully saturated rings. The zero-order chi connectivity index (χ0) is 15.9. The van der Waals surface area contributed by atoms with Crippen molar-refractivity contribution < 1.29 is 14.6 Å². The highest BCUT2D eigenvalue weighted by atomic mass is 28.3. The van der Waals surface area contributed by atoms with Gasteiger partial charge in [-0.15, -0.1) is 0 Å². The van der Waals surface area contributed by atoms with Crippen LogP contribution in [0.1, 0.15) is 13.3 Å². The molecule has 1 aromatic rings. The van der Waals surface area contributed by atoms with Gasteiger partial charge in [0.25, 0.3) is 0 Å². The number of nitrogens with zero attached hydrogens (tertiary/aromatic N) is 2. The van der Waals surface area contributed by atoms with E-state index < -0.39 is 20.7 Å². The van der Waals surface area contributed by atoms with Crippen LogP contribution in [0.5, 0.6) is 0 Å². The van der Waals surface area contributed by atoms with E-state index in [1.807, 2.05) is 13.1 Å². The van der Waals surface area contributed by atoms with E-state index in [-0.39, 0.29) is 5.78 Å². The van der Waals surface area contributed by atoms with Gasteiger partial charge >= 0.3 is 0 Å². The fourth-order valence-corrected chi connectivity index (χ4v) is 2.50. The molecule has 0 aromatic carbocycles. The second-order valence-corrected chi connectivity index (χ2v) is 11.9. The van der Waals surface area contributed by atoms with Crippen LogP contribution in [0, 0.1) is 0 Å². The van der Waals surface area contributed by atoms with Crippen LogP contribution in [-0.4, -0.2) is 48.0 Å². The van der Waals surface area contributed by atoms with E-state index in [0.29, 0.717) is 19.0 Å². The van der Waals surface area contributed by atoms with E-state index in [1.54, 1.807) is 10.7 Å². The molecular formula is C14H27N3O3Si. The number of carbonyl (C=O) groups is 1. The minimum Gasteiger partial charge on any atom is -0.389 e. The van der Waals surface area contributed by atoms with Crippen LogP contribution in [0.4, 0.5) is 5.82 Å². The lowest BCUT2D eigenvalue weighted by Crippen LogP contribution is -2.31. The Morgan fingerprint density at radius 3 is 2.81 bits per heavy atom. The molecule has 2 N–H and O–H groups in total. The Hall–Kier alpha value is -1.18. The average Bonchev–Trinajstić information content (AvgIpc) is 2.86. The van der Waals surface area contributed by atoms with Gasteiger partial charge in [0.2, 0.25) is 0 Å². The van der Waals surface area contributed by atoms with Crippen LogP contribution < -0.4 is 5.32 Å². The maximum absolute atomic E-state index is 11.5. The Labute approximate surface area is 127 Å². The predicted molar refractivity (Wildman–Crippen MR) is 86.1 cm³/mol. The Balaban J connectivity index is 2.40. The number of aromatic nitrogens is 2. The maximum atomic E-state index is 11.5. The van der Waals surface area contributed by atoms with Crippen LogP contribution in [0.25, 0.3) is 0 Å². The van der Waals surface area contributed by atoms with Crippen molar-refractivity contribution in [3.05, 3.63) is 12.3 Å². The lowest BCUT2D eigenvalue weighted by molar-refractivity contribution is -0.122. The van der Waals surface area contributed by atoms with E-state index in [0.717, 1.165) is 12.7 Å². The number of ether oxygens (including phenoxy) is 1. The van der Waals surface area contributed by atoms with E-state index in [2.05, 4.69) is 30.1 Å². The summed E-state index contributed by atoms with van der Waals surface area (Å²) in [4.78, 5) is 11.5. The highest BCUT2D eigenvalue weighted by Crippen LogP contribution is 2.09. The molecule has 1 heterocycles. The molecule has 0 saturated carbocycles. The van der Waals surface area contributed by atoms with Crippen molar-refractivity contribution in [1.82, 2.24) is 9.78 Å². The van der Waals surface area contributed by atoms with Gasteiger partial charge in [0.1, 0.15) is 19.2 Å². The summed E-state index contributed by atoms with van der Waals surface area (Å²) >= 11 is 0. The van der Waals surface area contributed by atoms with Crippen molar-refractivity contribution in [1.29, 1.82) is 0 Å². The third-order valence-corrected chi connectivity index (χ3v) is 4.84. The van der Waals surface area contributed by atoms with Crippen LogP contribution in [0.3, 0.4) is 0 Å².